The Labute approximate surface area is 104 Å². The summed E-state index contributed by atoms with van der Waals surface area (Å²) in [5, 5.41) is 3.54. The summed E-state index contributed by atoms with van der Waals surface area (Å²) < 4.78 is 9.76. The molecule has 1 amide bonds. The van der Waals surface area contributed by atoms with Crippen molar-refractivity contribution in [2.75, 3.05) is 12.4 Å². The molecule has 0 saturated carbocycles. The number of anilines is 1. The number of para-hydroxylation sites is 1. The number of hydrogen-bond acceptors (Lipinski definition) is 4. The fourth-order valence-electron chi connectivity index (χ4n) is 1.60. The summed E-state index contributed by atoms with van der Waals surface area (Å²) in [6.07, 6.45) is 1.64. The molecule has 5 heteroatoms. The zero-order valence-corrected chi connectivity index (χ0v) is 9.93. The summed E-state index contributed by atoms with van der Waals surface area (Å²) in [5.41, 5.74) is 1.32. The highest BCUT2D eigenvalue weighted by atomic mass is 16.5. The average Bonchev–Trinajstić information content (AvgIpc) is 2.79. The average molecular weight is 247 g/mol. The second-order valence-corrected chi connectivity index (χ2v) is 3.77. The second kappa shape index (κ2) is 5.35. The molecule has 0 aliphatic heterocycles. The van der Waals surface area contributed by atoms with Crippen LogP contribution in [0.25, 0.3) is 11.0 Å². The Morgan fingerprint density at radius 3 is 2.83 bits per heavy atom. The van der Waals surface area contributed by atoms with E-state index in [2.05, 4.69) is 10.1 Å². The predicted molar refractivity (Wildman–Crippen MR) is 66.1 cm³/mol. The maximum absolute atomic E-state index is 11.6. The van der Waals surface area contributed by atoms with Crippen molar-refractivity contribution in [3.63, 3.8) is 0 Å². The van der Waals surface area contributed by atoms with Crippen LogP contribution >= 0.6 is 0 Å². The molecule has 0 atom stereocenters. The molecule has 1 N–H and O–H groups in total. The van der Waals surface area contributed by atoms with E-state index in [0.29, 0.717) is 11.3 Å². The molecule has 1 aromatic heterocycles. The number of methoxy groups -OCH3 is 1. The van der Waals surface area contributed by atoms with Crippen molar-refractivity contribution in [3.8, 4) is 0 Å². The van der Waals surface area contributed by atoms with Gasteiger partial charge in [-0.2, -0.15) is 0 Å². The van der Waals surface area contributed by atoms with Crippen LogP contribution in [0.3, 0.4) is 0 Å². The van der Waals surface area contributed by atoms with Gasteiger partial charge in [-0.15, -0.1) is 0 Å². The lowest BCUT2D eigenvalue weighted by Gasteiger charge is -2.02. The van der Waals surface area contributed by atoms with Gasteiger partial charge in [0, 0.05) is 11.8 Å². The Morgan fingerprint density at radius 2 is 2.06 bits per heavy atom. The fourth-order valence-corrected chi connectivity index (χ4v) is 1.60. The second-order valence-electron chi connectivity index (χ2n) is 3.77. The van der Waals surface area contributed by atoms with Gasteiger partial charge in [-0.05, 0) is 12.1 Å². The van der Waals surface area contributed by atoms with Crippen LogP contribution in [-0.4, -0.2) is 19.0 Å². The highest BCUT2D eigenvalue weighted by molar-refractivity contribution is 6.01. The van der Waals surface area contributed by atoms with Crippen LogP contribution in [0.2, 0.25) is 0 Å². The molecule has 0 radical (unpaired) electrons. The lowest BCUT2D eigenvalue weighted by Crippen LogP contribution is -2.13. The summed E-state index contributed by atoms with van der Waals surface area (Å²) in [7, 11) is 1.30. The molecule has 0 aliphatic carbocycles. The number of ether oxygens (including phenoxy) is 1. The first-order valence-electron chi connectivity index (χ1n) is 5.53. The van der Waals surface area contributed by atoms with Gasteiger partial charge >= 0.3 is 5.97 Å². The molecule has 0 fully saturated rings. The van der Waals surface area contributed by atoms with E-state index in [9.17, 15) is 9.59 Å². The molecule has 2 aromatic rings. The monoisotopic (exact) mass is 247 g/mol. The summed E-state index contributed by atoms with van der Waals surface area (Å²) in [6.45, 7) is 0. The zero-order chi connectivity index (χ0) is 13.0. The SMILES string of the molecule is COC(=O)CCC(=O)Nc1coc2ccccc12. The minimum atomic E-state index is -0.401. The maximum atomic E-state index is 11.6. The van der Waals surface area contributed by atoms with Gasteiger partial charge in [-0.1, -0.05) is 12.1 Å². The van der Waals surface area contributed by atoms with Crippen LogP contribution in [0, 0.1) is 0 Å². The number of furan rings is 1. The Bertz CT molecular complexity index is 573. The number of esters is 1. The van der Waals surface area contributed by atoms with Gasteiger partial charge in [0.1, 0.15) is 11.8 Å². The van der Waals surface area contributed by atoms with Gasteiger partial charge in [-0.3, -0.25) is 9.59 Å². The normalized spacial score (nSPS) is 10.3. The molecule has 0 unspecified atom stereocenters. The first-order chi connectivity index (χ1) is 8.70. The van der Waals surface area contributed by atoms with Crippen LogP contribution in [0.1, 0.15) is 12.8 Å². The smallest absolute Gasteiger partial charge is 0.306 e. The molecule has 5 nitrogen and oxygen atoms in total. The Balaban J connectivity index is 2.01. The number of benzene rings is 1. The number of hydrogen-bond donors (Lipinski definition) is 1. The first kappa shape index (κ1) is 12.2. The van der Waals surface area contributed by atoms with Crippen LogP contribution in [0.4, 0.5) is 5.69 Å². The van der Waals surface area contributed by atoms with Gasteiger partial charge in [0.2, 0.25) is 5.91 Å². The maximum Gasteiger partial charge on any atom is 0.306 e. The Hall–Kier alpha value is -2.30. The van der Waals surface area contributed by atoms with Gasteiger partial charge < -0.3 is 14.5 Å². The molecule has 0 aliphatic rings. The van der Waals surface area contributed by atoms with Crippen LogP contribution in [0.15, 0.2) is 34.9 Å². The number of amides is 1. The largest absolute Gasteiger partial charge is 0.469 e. The van der Waals surface area contributed by atoms with Gasteiger partial charge in [0.25, 0.3) is 0 Å². The molecule has 0 spiro atoms. The number of rotatable bonds is 4. The summed E-state index contributed by atoms with van der Waals surface area (Å²) in [6, 6.07) is 7.39. The van der Waals surface area contributed by atoms with Crippen molar-refractivity contribution < 1.29 is 18.7 Å². The summed E-state index contributed by atoms with van der Waals surface area (Å²) in [5.74, 6) is -0.644. The van der Waals surface area contributed by atoms with E-state index in [0.717, 1.165) is 5.39 Å². The third-order valence-corrected chi connectivity index (χ3v) is 2.54. The van der Waals surface area contributed by atoms with E-state index in [1.807, 2.05) is 24.3 Å². The van der Waals surface area contributed by atoms with Crippen LogP contribution in [-0.2, 0) is 14.3 Å². The van der Waals surface area contributed by atoms with E-state index in [4.69, 9.17) is 4.42 Å². The molecule has 94 valence electrons. The lowest BCUT2D eigenvalue weighted by atomic mass is 10.2. The van der Waals surface area contributed by atoms with Crippen molar-refractivity contribution in [2.24, 2.45) is 0 Å². The van der Waals surface area contributed by atoms with E-state index in [-0.39, 0.29) is 18.7 Å². The fraction of sp³-hybridized carbons (Fsp3) is 0.231. The van der Waals surface area contributed by atoms with Gasteiger partial charge in [-0.25, -0.2) is 0 Å². The van der Waals surface area contributed by atoms with Crippen LogP contribution in [0.5, 0.6) is 0 Å². The summed E-state index contributed by atoms with van der Waals surface area (Å²) in [4.78, 5) is 22.5. The van der Waals surface area contributed by atoms with Crippen molar-refractivity contribution in [1.82, 2.24) is 0 Å². The quantitative estimate of drug-likeness (QED) is 0.842. The number of fused-ring (bicyclic) bond motifs is 1. The minimum absolute atomic E-state index is 0.0676. The highest BCUT2D eigenvalue weighted by Crippen LogP contribution is 2.25. The van der Waals surface area contributed by atoms with Crippen molar-refractivity contribution >= 4 is 28.5 Å². The van der Waals surface area contributed by atoms with E-state index in [1.54, 1.807) is 0 Å². The van der Waals surface area contributed by atoms with Gasteiger partial charge in [0.05, 0.1) is 19.2 Å². The summed E-state index contributed by atoms with van der Waals surface area (Å²) >= 11 is 0. The Kier molecular flexibility index (Phi) is 3.62. The first-order valence-corrected chi connectivity index (χ1v) is 5.53. The zero-order valence-electron chi connectivity index (χ0n) is 9.93. The lowest BCUT2D eigenvalue weighted by molar-refractivity contribution is -0.141. The molecule has 1 heterocycles. The van der Waals surface area contributed by atoms with Gasteiger partial charge in [0.15, 0.2) is 0 Å². The molecule has 0 bridgehead atoms. The topological polar surface area (TPSA) is 68.5 Å². The molecule has 0 saturated heterocycles. The predicted octanol–water partition coefficient (Wildman–Crippen LogP) is 2.32. The van der Waals surface area contributed by atoms with Crippen LogP contribution < -0.4 is 5.32 Å². The van der Waals surface area contributed by atoms with E-state index in [1.165, 1.54) is 13.4 Å². The van der Waals surface area contributed by atoms with E-state index >= 15 is 0 Å². The standard InChI is InChI=1S/C13H13NO4/c1-17-13(16)7-6-12(15)14-10-8-18-11-5-3-2-4-9(10)11/h2-5,8H,6-7H2,1H3,(H,14,15). The highest BCUT2D eigenvalue weighted by Gasteiger charge is 2.10. The molecule has 18 heavy (non-hydrogen) atoms. The van der Waals surface area contributed by atoms with Crippen molar-refractivity contribution in [2.45, 2.75) is 12.8 Å². The minimum Gasteiger partial charge on any atom is -0.469 e. The van der Waals surface area contributed by atoms with E-state index < -0.39 is 5.97 Å². The molecular weight excluding hydrogens is 234 g/mol. The number of carbonyl (C=O) groups is 2. The van der Waals surface area contributed by atoms with Crippen molar-refractivity contribution in [1.29, 1.82) is 0 Å². The third-order valence-electron chi connectivity index (χ3n) is 2.54. The number of carbonyl (C=O) groups excluding carboxylic acids is 2. The molecular formula is C13H13NO4. The van der Waals surface area contributed by atoms with Crippen molar-refractivity contribution in [3.05, 3.63) is 30.5 Å². The third kappa shape index (κ3) is 2.68. The number of nitrogens with one attached hydrogen (secondary N) is 1. The molecule has 2 rings (SSSR count). The molecule has 1 aromatic carbocycles. The Morgan fingerprint density at radius 1 is 1.28 bits per heavy atom.